The number of rotatable bonds is 2. The van der Waals surface area contributed by atoms with E-state index in [-0.39, 0.29) is 10.9 Å². The number of benzene rings is 2. The lowest BCUT2D eigenvalue weighted by atomic mass is 10.1. The number of fused-ring (bicyclic) bond motifs is 2. The number of nitrogens with zero attached hydrogens (tertiary/aromatic N) is 2. The number of aromatic carboxylic acids is 1. The van der Waals surface area contributed by atoms with Gasteiger partial charge >= 0.3 is 5.97 Å². The average molecular weight is 352 g/mol. The van der Waals surface area contributed by atoms with Gasteiger partial charge in [0, 0.05) is 23.8 Å². The van der Waals surface area contributed by atoms with E-state index in [0.29, 0.717) is 16.6 Å². The first-order valence-electron chi connectivity index (χ1n) is 7.59. The van der Waals surface area contributed by atoms with Crippen molar-refractivity contribution in [1.82, 2.24) is 9.55 Å². The molecule has 0 unspecified atom stereocenters. The maximum absolute atomic E-state index is 13.8. The van der Waals surface area contributed by atoms with Gasteiger partial charge in [-0.25, -0.2) is 13.6 Å². The third-order valence-corrected chi connectivity index (χ3v) is 4.16. The molecule has 128 valence electrons. The minimum atomic E-state index is -1.45. The molecular formula is C19H10F2N2O3. The Morgan fingerprint density at radius 3 is 2.58 bits per heavy atom. The quantitative estimate of drug-likeness (QED) is 0.599. The molecule has 1 N–H and O–H groups in total. The van der Waals surface area contributed by atoms with Crippen molar-refractivity contribution >= 4 is 27.8 Å². The van der Waals surface area contributed by atoms with Crippen LogP contribution in [0.2, 0.25) is 0 Å². The summed E-state index contributed by atoms with van der Waals surface area (Å²) in [5.41, 5.74) is -0.217. The third kappa shape index (κ3) is 2.33. The minimum absolute atomic E-state index is 0.0650. The van der Waals surface area contributed by atoms with Crippen LogP contribution >= 0.6 is 0 Å². The Morgan fingerprint density at radius 2 is 1.81 bits per heavy atom. The molecule has 0 aliphatic heterocycles. The van der Waals surface area contributed by atoms with Gasteiger partial charge in [-0.2, -0.15) is 0 Å². The summed E-state index contributed by atoms with van der Waals surface area (Å²) in [5.74, 6) is -3.80. The fourth-order valence-electron chi connectivity index (χ4n) is 2.97. The van der Waals surface area contributed by atoms with Crippen LogP contribution < -0.4 is 5.43 Å². The molecule has 0 saturated heterocycles. The zero-order chi connectivity index (χ0) is 18.4. The zero-order valence-electron chi connectivity index (χ0n) is 13.1. The summed E-state index contributed by atoms with van der Waals surface area (Å²) in [6.07, 6.45) is 2.72. The van der Waals surface area contributed by atoms with Crippen LogP contribution in [0, 0.1) is 11.6 Å². The van der Waals surface area contributed by atoms with Gasteiger partial charge in [0.05, 0.1) is 22.1 Å². The van der Waals surface area contributed by atoms with Gasteiger partial charge in [-0.1, -0.05) is 6.07 Å². The number of carbonyl (C=O) groups is 1. The smallest absolute Gasteiger partial charge is 0.341 e. The van der Waals surface area contributed by atoms with Gasteiger partial charge in [0.1, 0.15) is 5.56 Å². The van der Waals surface area contributed by atoms with Crippen molar-refractivity contribution in [2.24, 2.45) is 0 Å². The van der Waals surface area contributed by atoms with Crippen LogP contribution in [0.5, 0.6) is 0 Å². The lowest BCUT2D eigenvalue weighted by Gasteiger charge is -2.15. The highest BCUT2D eigenvalue weighted by molar-refractivity contribution is 5.95. The molecule has 7 heteroatoms. The summed E-state index contributed by atoms with van der Waals surface area (Å²) < 4.78 is 28.9. The normalized spacial score (nSPS) is 11.2. The molecular weight excluding hydrogens is 342 g/mol. The van der Waals surface area contributed by atoms with E-state index in [1.165, 1.54) is 4.57 Å². The fraction of sp³-hybridized carbons (Fsp3) is 0. The summed E-state index contributed by atoms with van der Waals surface area (Å²) in [6, 6.07) is 10.2. The molecule has 0 aliphatic rings. The summed E-state index contributed by atoms with van der Waals surface area (Å²) in [7, 11) is 0. The Kier molecular flexibility index (Phi) is 3.50. The highest BCUT2D eigenvalue weighted by Crippen LogP contribution is 2.25. The van der Waals surface area contributed by atoms with Crippen molar-refractivity contribution in [2.45, 2.75) is 0 Å². The van der Waals surface area contributed by atoms with Crippen molar-refractivity contribution in [3.63, 3.8) is 0 Å². The Morgan fingerprint density at radius 1 is 1.04 bits per heavy atom. The number of hydrogen-bond acceptors (Lipinski definition) is 3. The third-order valence-electron chi connectivity index (χ3n) is 4.16. The maximum Gasteiger partial charge on any atom is 0.341 e. The molecule has 0 saturated carbocycles. The molecule has 5 nitrogen and oxygen atoms in total. The molecule has 2 heterocycles. The molecule has 0 amide bonds. The SMILES string of the molecule is O=C(O)c1cn(-c2cccc3ncccc23)c2cc(F)c(F)cc2c1=O. The number of carboxylic acids is 1. The first kappa shape index (κ1) is 15.9. The van der Waals surface area contributed by atoms with E-state index in [9.17, 15) is 23.5 Å². The van der Waals surface area contributed by atoms with Crippen molar-refractivity contribution in [2.75, 3.05) is 0 Å². The number of hydrogen-bond donors (Lipinski definition) is 1. The lowest BCUT2D eigenvalue weighted by molar-refractivity contribution is 0.0695. The van der Waals surface area contributed by atoms with Gasteiger partial charge in [-0.05, 0) is 30.3 Å². The predicted octanol–water partition coefficient (Wildman–Crippen LogP) is 3.52. The first-order valence-corrected chi connectivity index (χ1v) is 7.59. The molecule has 2 aromatic heterocycles. The van der Waals surface area contributed by atoms with Crippen LogP contribution in [0.25, 0.3) is 27.5 Å². The highest BCUT2D eigenvalue weighted by Gasteiger charge is 2.18. The van der Waals surface area contributed by atoms with E-state index in [1.807, 2.05) is 0 Å². The average Bonchev–Trinajstić information content (AvgIpc) is 2.63. The van der Waals surface area contributed by atoms with E-state index in [4.69, 9.17) is 0 Å². The molecule has 26 heavy (non-hydrogen) atoms. The van der Waals surface area contributed by atoms with Gasteiger partial charge in [0.25, 0.3) is 0 Å². The van der Waals surface area contributed by atoms with Crippen LogP contribution in [0.4, 0.5) is 8.78 Å². The molecule has 0 radical (unpaired) electrons. The second-order valence-electron chi connectivity index (χ2n) is 5.68. The zero-order valence-corrected chi connectivity index (χ0v) is 13.1. The lowest BCUT2D eigenvalue weighted by Crippen LogP contribution is -2.19. The Balaban J connectivity index is 2.21. The summed E-state index contributed by atoms with van der Waals surface area (Å²) in [6.45, 7) is 0. The Bertz CT molecular complexity index is 1260. The van der Waals surface area contributed by atoms with E-state index < -0.39 is 28.6 Å². The second kappa shape index (κ2) is 5.73. The number of halogens is 2. The van der Waals surface area contributed by atoms with Crippen molar-refractivity contribution in [3.8, 4) is 5.69 Å². The van der Waals surface area contributed by atoms with Gasteiger partial charge < -0.3 is 9.67 Å². The molecule has 0 fully saturated rings. The van der Waals surface area contributed by atoms with Crippen LogP contribution in [0.15, 0.2) is 59.7 Å². The minimum Gasteiger partial charge on any atom is -0.477 e. The topological polar surface area (TPSA) is 72.2 Å². The number of pyridine rings is 2. The van der Waals surface area contributed by atoms with Gasteiger partial charge in [0.2, 0.25) is 5.43 Å². The molecule has 0 spiro atoms. The van der Waals surface area contributed by atoms with Crippen LogP contribution in [-0.4, -0.2) is 20.6 Å². The van der Waals surface area contributed by atoms with Crippen molar-refractivity contribution < 1.29 is 18.7 Å². The molecule has 0 aliphatic carbocycles. The summed E-state index contributed by atoms with van der Waals surface area (Å²) in [5, 5.41) is 9.79. The predicted molar refractivity (Wildman–Crippen MR) is 91.7 cm³/mol. The molecule has 4 aromatic rings. The fourth-order valence-corrected chi connectivity index (χ4v) is 2.97. The molecule has 0 atom stereocenters. The van der Waals surface area contributed by atoms with E-state index in [1.54, 1.807) is 36.5 Å². The Labute approximate surface area is 144 Å². The monoisotopic (exact) mass is 352 g/mol. The van der Waals surface area contributed by atoms with Crippen LogP contribution in [-0.2, 0) is 0 Å². The molecule has 4 rings (SSSR count). The van der Waals surface area contributed by atoms with Crippen LogP contribution in [0.3, 0.4) is 0 Å². The number of aromatic nitrogens is 2. The van der Waals surface area contributed by atoms with E-state index in [2.05, 4.69) is 4.98 Å². The van der Waals surface area contributed by atoms with Gasteiger partial charge in [-0.15, -0.1) is 0 Å². The van der Waals surface area contributed by atoms with E-state index >= 15 is 0 Å². The van der Waals surface area contributed by atoms with Gasteiger partial charge in [0.15, 0.2) is 11.6 Å². The van der Waals surface area contributed by atoms with Gasteiger partial charge in [-0.3, -0.25) is 9.78 Å². The van der Waals surface area contributed by atoms with Crippen molar-refractivity contribution in [3.05, 3.63) is 82.3 Å². The second-order valence-corrected chi connectivity index (χ2v) is 5.68. The Hall–Kier alpha value is -3.61. The van der Waals surface area contributed by atoms with Crippen molar-refractivity contribution in [1.29, 1.82) is 0 Å². The standard InChI is InChI=1S/C19H10F2N2O3/c20-13-7-11-17(8-14(13)21)23(9-12(18(11)24)19(25)26)16-5-1-4-15-10(16)3-2-6-22-15/h1-9H,(H,25,26). The first-order chi connectivity index (χ1) is 12.5. The highest BCUT2D eigenvalue weighted by atomic mass is 19.2. The molecule has 0 bridgehead atoms. The number of carboxylic acid groups (broad SMARTS) is 1. The largest absolute Gasteiger partial charge is 0.477 e. The maximum atomic E-state index is 13.8. The summed E-state index contributed by atoms with van der Waals surface area (Å²) >= 11 is 0. The summed E-state index contributed by atoms with van der Waals surface area (Å²) in [4.78, 5) is 28.1. The van der Waals surface area contributed by atoms with E-state index in [0.717, 1.165) is 18.3 Å². The molecule has 2 aromatic carbocycles. The van der Waals surface area contributed by atoms with Crippen LogP contribution in [0.1, 0.15) is 10.4 Å².